The summed E-state index contributed by atoms with van der Waals surface area (Å²) >= 11 is 0. The van der Waals surface area contributed by atoms with Gasteiger partial charge in [0.15, 0.2) is 0 Å². The minimum atomic E-state index is 0.213. The van der Waals surface area contributed by atoms with Crippen LogP contribution in [0.5, 0.6) is 0 Å². The van der Waals surface area contributed by atoms with E-state index in [1.54, 1.807) is 0 Å². The molecule has 0 aromatic heterocycles. The van der Waals surface area contributed by atoms with E-state index in [4.69, 9.17) is 0 Å². The van der Waals surface area contributed by atoms with Crippen molar-refractivity contribution in [3.63, 3.8) is 0 Å². The molecule has 1 N–H and O–H groups in total. The van der Waals surface area contributed by atoms with Gasteiger partial charge in [-0.2, -0.15) is 0 Å². The van der Waals surface area contributed by atoms with Crippen molar-refractivity contribution >= 4 is 5.91 Å². The van der Waals surface area contributed by atoms with Crippen LogP contribution in [0.15, 0.2) is 0 Å². The number of carbonyl (C=O) groups excluding carboxylic acids is 1. The molecule has 1 amide bonds. The quantitative estimate of drug-likeness (QED) is 0.639. The molecule has 1 saturated heterocycles. The van der Waals surface area contributed by atoms with Crippen LogP contribution in [0, 0.1) is 5.41 Å². The maximum Gasteiger partial charge on any atom is 0.220 e. The van der Waals surface area contributed by atoms with Crippen LogP contribution in [0.1, 0.15) is 60.8 Å². The summed E-state index contributed by atoms with van der Waals surface area (Å²) in [7, 11) is 0. The van der Waals surface area contributed by atoms with Crippen molar-refractivity contribution in [1.82, 2.24) is 5.32 Å². The standard InChI is InChI=1S/C8H15NO.2C2H6/c1-8(2)5-3-4-7(10)9-6-8;2*1-2/h3-6H2,1-2H3,(H,9,10);2*1-2H3. The van der Waals surface area contributed by atoms with Crippen LogP contribution < -0.4 is 5.32 Å². The van der Waals surface area contributed by atoms with Crippen LogP contribution in [0.3, 0.4) is 0 Å². The Morgan fingerprint density at radius 3 is 2.14 bits per heavy atom. The van der Waals surface area contributed by atoms with E-state index >= 15 is 0 Å². The van der Waals surface area contributed by atoms with E-state index in [2.05, 4.69) is 19.2 Å². The third-order valence-corrected chi connectivity index (χ3v) is 2.02. The van der Waals surface area contributed by atoms with E-state index in [1.807, 2.05) is 27.7 Å². The lowest BCUT2D eigenvalue weighted by atomic mass is 9.88. The topological polar surface area (TPSA) is 29.1 Å². The third kappa shape index (κ3) is 8.09. The van der Waals surface area contributed by atoms with Gasteiger partial charge in [0.25, 0.3) is 0 Å². The second kappa shape index (κ2) is 9.04. The molecular formula is C12H27NO. The van der Waals surface area contributed by atoms with Crippen LogP contribution in [0.2, 0.25) is 0 Å². The molecule has 0 saturated carbocycles. The Kier molecular flexibility index (Phi) is 10.3. The SMILES string of the molecule is CC.CC.CC1(C)CCCC(=O)NC1. The first-order valence-corrected chi connectivity index (χ1v) is 5.87. The van der Waals surface area contributed by atoms with Gasteiger partial charge < -0.3 is 5.32 Å². The predicted octanol–water partition coefficient (Wildman–Crippen LogP) is 3.37. The van der Waals surface area contributed by atoms with Gasteiger partial charge in [-0.05, 0) is 18.3 Å². The molecule has 86 valence electrons. The summed E-state index contributed by atoms with van der Waals surface area (Å²) in [6, 6.07) is 0. The molecule has 1 heterocycles. The van der Waals surface area contributed by atoms with Gasteiger partial charge in [0.05, 0.1) is 0 Å². The molecular weight excluding hydrogens is 174 g/mol. The van der Waals surface area contributed by atoms with Crippen LogP contribution in [-0.2, 0) is 4.79 Å². The predicted molar refractivity (Wildman–Crippen MR) is 63.3 cm³/mol. The number of hydrogen-bond acceptors (Lipinski definition) is 1. The molecule has 0 radical (unpaired) electrons. The molecule has 1 aliphatic rings. The number of amides is 1. The average Bonchev–Trinajstić information content (AvgIpc) is 2.35. The Labute approximate surface area is 89.5 Å². The largest absolute Gasteiger partial charge is 0.356 e. The lowest BCUT2D eigenvalue weighted by Crippen LogP contribution is -2.30. The smallest absolute Gasteiger partial charge is 0.220 e. The van der Waals surface area contributed by atoms with Crippen LogP contribution in [0.4, 0.5) is 0 Å². The second-order valence-corrected chi connectivity index (χ2v) is 3.79. The highest BCUT2D eigenvalue weighted by Gasteiger charge is 2.21. The monoisotopic (exact) mass is 201 g/mol. The van der Waals surface area contributed by atoms with Gasteiger partial charge in [-0.25, -0.2) is 0 Å². The van der Waals surface area contributed by atoms with E-state index in [1.165, 1.54) is 0 Å². The van der Waals surface area contributed by atoms with E-state index in [0.29, 0.717) is 11.8 Å². The van der Waals surface area contributed by atoms with E-state index in [-0.39, 0.29) is 5.91 Å². The second-order valence-electron chi connectivity index (χ2n) is 3.79. The summed E-state index contributed by atoms with van der Waals surface area (Å²) in [5, 5.41) is 2.90. The van der Waals surface area contributed by atoms with E-state index < -0.39 is 0 Å². The summed E-state index contributed by atoms with van der Waals surface area (Å²) < 4.78 is 0. The Morgan fingerprint density at radius 2 is 1.64 bits per heavy atom. The number of carbonyl (C=O) groups is 1. The minimum absolute atomic E-state index is 0.213. The van der Waals surface area contributed by atoms with Gasteiger partial charge in [0.2, 0.25) is 5.91 Å². The molecule has 14 heavy (non-hydrogen) atoms. The summed E-state index contributed by atoms with van der Waals surface area (Å²) in [6.45, 7) is 13.2. The van der Waals surface area contributed by atoms with Gasteiger partial charge >= 0.3 is 0 Å². The van der Waals surface area contributed by atoms with Crippen LogP contribution in [-0.4, -0.2) is 12.5 Å². The summed E-state index contributed by atoms with van der Waals surface area (Å²) in [6.07, 6.45) is 2.91. The highest BCUT2D eigenvalue weighted by Crippen LogP contribution is 2.23. The Bertz CT molecular complexity index is 141. The summed E-state index contributed by atoms with van der Waals surface area (Å²) in [4.78, 5) is 10.9. The molecule has 0 aromatic carbocycles. The maximum absolute atomic E-state index is 10.9. The van der Waals surface area contributed by atoms with Crippen LogP contribution >= 0.6 is 0 Å². The van der Waals surface area contributed by atoms with Crippen molar-refractivity contribution in [3.8, 4) is 0 Å². The zero-order valence-corrected chi connectivity index (χ0v) is 10.7. The Morgan fingerprint density at radius 1 is 1.14 bits per heavy atom. The fraction of sp³-hybridized carbons (Fsp3) is 0.917. The van der Waals surface area contributed by atoms with Crippen molar-refractivity contribution in [1.29, 1.82) is 0 Å². The zero-order valence-electron chi connectivity index (χ0n) is 10.7. The van der Waals surface area contributed by atoms with Gasteiger partial charge in [-0.1, -0.05) is 41.5 Å². The molecule has 0 unspecified atom stereocenters. The minimum Gasteiger partial charge on any atom is -0.356 e. The van der Waals surface area contributed by atoms with Crippen molar-refractivity contribution in [2.75, 3.05) is 6.54 Å². The van der Waals surface area contributed by atoms with Gasteiger partial charge in [0, 0.05) is 13.0 Å². The van der Waals surface area contributed by atoms with Crippen LogP contribution in [0.25, 0.3) is 0 Å². The molecule has 0 aliphatic carbocycles. The van der Waals surface area contributed by atoms with Gasteiger partial charge in [0.1, 0.15) is 0 Å². The van der Waals surface area contributed by atoms with Crippen molar-refractivity contribution in [3.05, 3.63) is 0 Å². The zero-order chi connectivity index (χ0) is 11.6. The Balaban J connectivity index is 0. The van der Waals surface area contributed by atoms with Crippen molar-refractivity contribution in [2.24, 2.45) is 5.41 Å². The fourth-order valence-corrected chi connectivity index (χ4v) is 1.24. The fourth-order valence-electron chi connectivity index (χ4n) is 1.24. The maximum atomic E-state index is 10.9. The van der Waals surface area contributed by atoms with E-state index in [9.17, 15) is 4.79 Å². The number of hydrogen-bond donors (Lipinski definition) is 1. The average molecular weight is 201 g/mol. The molecule has 2 heteroatoms. The molecule has 0 bridgehead atoms. The summed E-state index contributed by atoms with van der Waals surface area (Å²) in [5.41, 5.74) is 0.312. The summed E-state index contributed by atoms with van der Waals surface area (Å²) in [5.74, 6) is 0.213. The molecule has 2 nitrogen and oxygen atoms in total. The first-order chi connectivity index (χ1) is 6.60. The molecule has 0 atom stereocenters. The Hall–Kier alpha value is -0.530. The highest BCUT2D eigenvalue weighted by molar-refractivity contribution is 5.76. The van der Waals surface area contributed by atoms with E-state index in [0.717, 1.165) is 19.4 Å². The lowest BCUT2D eigenvalue weighted by Gasteiger charge is -2.20. The number of nitrogens with one attached hydrogen (secondary N) is 1. The molecule has 1 aliphatic heterocycles. The van der Waals surface area contributed by atoms with Crippen molar-refractivity contribution in [2.45, 2.75) is 60.8 Å². The normalized spacial score (nSPS) is 18.9. The highest BCUT2D eigenvalue weighted by atomic mass is 16.1. The lowest BCUT2D eigenvalue weighted by molar-refractivity contribution is -0.120. The molecule has 0 aromatic rings. The molecule has 0 spiro atoms. The first-order valence-electron chi connectivity index (χ1n) is 5.87. The number of rotatable bonds is 0. The first kappa shape index (κ1) is 15.9. The van der Waals surface area contributed by atoms with Crippen molar-refractivity contribution < 1.29 is 4.79 Å². The van der Waals surface area contributed by atoms with Gasteiger partial charge in [-0.3, -0.25) is 4.79 Å². The molecule has 1 fully saturated rings. The van der Waals surface area contributed by atoms with Gasteiger partial charge in [-0.15, -0.1) is 0 Å². The molecule has 1 rings (SSSR count). The third-order valence-electron chi connectivity index (χ3n) is 2.02.